The molecule has 0 spiro atoms. The zero-order valence-electron chi connectivity index (χ0n) is 8.63. The van der Waals surface area contributed by atoms with Gasteiger partial charge in [-0.2, -0.15) is 5.26 Å². The van der Waals surface area contributed by atoms with Crippen LogP contribution < -0.4 is 0 Å². The summed E-state index contributed by atoms with van der Waals surface area (Å²) in [7, 11) is 0. The predicted molar refractivity (Wildman–Crippen MR) is 63.3 cm³/mol. The number of hydrogen-bond acceptors (Lipinski definition) is 4. The molecule has 0 N–H and O–H groups in total. The van der Waals surface area contributed by atoms with Crippen molar-refractivity contribution >= 4 is 21.7 Å². The van der Waals surface area contributed by atoms with Gasteiger partial charge in [-0.1, -0.05) is 6.07 Å². The quantitative estimate of drug-likeness (QED) is 0.815. The van der Waals surface area contributed by atoms with Gasteiger partial charge in [0.1, 0.15) is 5.92 Å². The maximum atomic E-state index is 12.1. The van der Waals surface area contributed by atoms with E-state index in [1.807, 2.05) is 6.07 Å². The number of hydrogen-bond donors (Lipinski definition) is 0. The number of rotatable bonds is 3. The molecule has 2 aromatic heterocycles. The first kappa shape index (κ1) is 11.6. The molecule has 0 bridgehead atoms. The minimum Gasteiger partial charge on any atom is -0.457 e. The third kappa shape index (κ3) is 2.27. The van der Waals surface area contributed by atoms with Crippen LogP contribution >= 0.6 is 15.9 Å². The van der Waals surface area contributed by atoms with Gasteiger partial charge in [-0.25, -0.2) is 0 Å². The summed E-state index contributed by atoms with van der Waals surface area (Å²) in [5, 5.41) is 9.10. The lowest BCUT2D eigenvalue weighted by atomic mass is 9.94. The number of aromatic nitrogens is 1. The Kier molecular flexibility index (Phi) is 3.35. The van der Waals surface area contributed by atoms with Crippen molar-refractivity contribution in [3.63, 3.8) is 0 Å². The summed E-state index contributed by atoms with van der Waals surface area (Å²) in [5.41, 5.74) is 0.938. The molecule has 5 heteroatoms. The fourth-order valence-corrected chi connectivity index (χ4v) is 1.89. The number of carbonyl (C=O) groups excluding carboxylic acids is 1. The van der Waals surface area contributed by atoms with Crippen LogP contribution in [0.15, 0.2) is 45.9 Å². The van der Waals surface area contributed by atoms with Gasteiger partial charge < -0.3 is 4.42 Å². The predicted octanol–water partition coefficient (Wildman–Crippen LogP) is 2.93. The van der Waals surface area contributed by atoms with E-state index in [1.54, 1.807) is 18.3 Å². The van der Waals surface area contributed by atoms with Gasteiger partial charge >= 0.3 is 0 Å². The second-order valence-corrected chi connectivity index (χ2v) is 4.04. The van der Waals surface area contributed by atoms with Crippen LogP contribution in [0.3, 0.4) is 0 Å². The zero-order chi connectivity index (χ0) is 12.3. The molecule has 0 fully saturated rings. The van der Waals surface area contributed by atoms with Crippen molar-refractivity contribution < 1.29 is 9.21 Å². The van der Waals surface area contributed by atoms with Crippen molar-refractivity contribution in [3.05, 3.63) is 52.7 Å². The number of furan rings is 1. The first-order valence-corrected chi connectivity index (χ1v) is 5.60. The van der Waals surface area contributed by atoms with Crippen LogP contribution in [0.1, 0.15) is 21.8 Å². The minimum absolute atomic E-state index is 0.305. The second kappa shape index (κ2) is 4.93. The fourth-order valence-electron chi connectivity index (χ4n) is 1.46. The fraction of sp³-hybridized carbons (Fsp3) is 0.0833. The summed E-state index contributed by atoms with van der Waals surface area (Å²) in [4.78, 5) is 16.0. The summed E-state index contributed by atoms with van der Waals surface area (Å²) in [5.74, 6) is -1.17. The molecule has 4 nitrogen and oxygen atoms in total. The molecule has 0 aliphatic heterocycles. The molecule has 0 radical (unpaired) electrons. The van der Waals surface area contributed by atoms with E-state index in [2.05, 4.69) is 20.9 Å². The van der Waals surface area contributed by atoms with Crippen molar-refractivity contribution in [2.24, 2.45) is 0 Å². The number of nitriles is 1. The Morgan fingerprint density at radius 2 is 2.35 bits per heavy atom. The van der Waals surface area contributed by atoms with Gasteiger partial charge in [0.05, 0.1) is 17.9 Å². The first-order valence-electron chi connectivity index (χ1n) is 4.80. The Morgan fingerprint density at radius 3 is 2.88 bits per heavy atom. The first-order chi connectivity index (χ1) is 8.24. The third-order valence-corrected chi connectivity index (χ3v) is 2.91. The zero-order valence-corrected chi connectivity index (χ0v) is 10.2. The Balaban J connectivity index is 2.36. The van der Waals surface area contributed by atoms with Gasteiger partial charge in [-0.05, 0) is 33.6 Å². The normalized spacial score (nSPS) is 11.8. The van der Waals surface area contributed by atoms with Crippen molar-refractivity contribution in [1.29, 1.82) is 5.26 Å². The van der Waals surface area contributed by atoms with Crippen LogP contribution in [-0.4, -0.2) is 10.8 Å². The summed E-state index contributed by atoms with van der Waals surface area (Å²) in [6.07, 6.45) is 4.50. The van der Waals surface area contributed by atoms with Gasteiger partial charge in [0.25, 0.3) is 0 Å². The van der Waals surface area contributed by atoms with Gasteiger partial charge in [0.2, 0.25) is 0 Å². The molecule has 0 amide bonds. The standard InChI is InChI=1S/C12H7BrN2O2/c13-12-9(3-5-17-12)11(16)10(6-14)8-2-1-4-15-7-8/h1-5,7,10H. The van der Waals surface area contributed by atoms with Crippen LogP contribution in [0.2, 0.25) is 0 Å². The molecule has 1 unspecified atom stereocenters. The van der Waals surface area contributed by atoms with Gasteiger partial charge in [0.15, 0.2) is 10.5 Å². The molecular weight excluding hydrogens is 284 g/mol. The molecule has 0 saturated heterocycles. The van der Waals surface area contributed by atoms with E-state index >= 15 is 0 Å². The van der Waals surface area contributed by atoms with E-state index in [9.17, 15) is 4.79 Å². The second-order valence-electron chi connectivity index (χ2n) is 3.32. The maximum absolute atomic E-state index is 12.1. The van der Waals surface area contributed by atoms with E-state index in [4.69, 9.17) is 9.68 Å². The van der Waals surface area contributed by atoms with Crippen LogP contribution in [0.4, 0.5) is 0 Å². The van der Waals surface area contributed by atoms with Gasteiger partial charge in [-0.3, -0.25) is 9.78 Å². The maximum Gasteiger partial charge on any atom is 0.188 e. The Bertz CT molecular complexity index is 572. The van der Waals surface area contributed by atoms with Crippen molar-refractivity contribution in [2.45, 2.75) is 5.92 Å². The van der Waals surface area contributed by atoms with E-state index in [0.717, 1.165) is 0 Å². The average molecular weight is 291 g/mol. The largest absolute Gasteiger partial charge is 0.457 e. The smallest absolute Gasteiger partial charge is 0.188 e. The van der Waals surface area contributed by atoms with E-state index in [-0.39, 0.29) is 5.78 Å². The molecule has 2 heterocycles. The van der Waals surface area contributed by atoms with Crippen LogP contribution in [0.5, 0.6) is 0 Å². The third-order valence-electron chi connectivity index (χ3n) is 2.29. The Morgan fingerprint density at radius 1 is 1.53 bits per heavy atom. The van der Waals surface area contributed by atoms with Crippen LogP contribution in [-0.2, 0) is 0 Å². The molecule has 17 heavy (non-hydrogen) atoms. The molecule has 0 saturated carbocycles. The molecule has 2 aromatic rings. The molecule has 0 aliphatic carbocycles. The van der Waals surface area contributed by atoms with E-state index < -0.39 is 5.92 Å². The molecular formula is C12H7BrN2O2. The number of Topliss-reactive ketones (excluding diaryl/α,β-unsaturated/α-hetero) is 1. The molecule has 1 atom stereocenters. The number of ketones is 1. The van der Waals surface area contributed by atoms with Crippen molar-refractivity contribution in [2.75, 3.05) is 0 Å². The molecule has 0 aliphatic rings. The number of carbonyl (C=O) groups is 1. The highest BCUT2D eigenvalue weighted by Crippen LogP contribution is 2.25. The van der Waals surface area contributed by atoms with E-state index in [1.165, 1.54) is 18.5 Å². The number of pyridine rings is 1. The number of nitrogens with zero attached hydrogens (tertiary/aromatic N) is 2. The number of halogens is 1. The van der Waals surface area contributed by atoms with E-state index in [0.29, 0.717) is 15.8 Å². The summed E-state index contributed by atoms with van der Waals surface area (Å²) in [6, 6.07) is 6.91. The topological polar surface area (TPSA) is 66.9 Å². The molecule has 2 rings (SSSR count). The summed E-state index contributed by atoms with van der Waals surface area (Å²) < 4.78 is 5.33. The lowest BCUT2D eigenvalue weighted by Crippen LogP contribution is -2.11. The van der Waals surface area contributed by atoms with Crippen LogP contribution in [0.25, 0.3) is 0 Å². The molecule has 0 aromatic carbocycles. The monoisotopic (exact) mass is 290 g/mol. The highest BCUT2D eigenvalue weighted by Gasteiger charge is 2.24. The lowest BCUT2D eigenvalue weighted by Gasteiger charge is -2.06. The van der Waals surface area contributed by atoms with Crippen LogP contribution in [0, 0.1) is 11.3 Å². The van der Waals surface area contributed by atoms with Crippen molar-refractivity contribution in [3.8, 4) is 6.07 Å². The van der Waals surface area contributed by atoms with Gasteiger partial charge in [-0.15, -0.1) is 0 Å². The highest BCUT2D eigenvalue weighted by atomic mass is 79.9. The highest BCUT2D eigenvalue weighted by molar-refractivity contribution is 9.10. The summed E-state index contributed by atoms with van der Waals surface area (Å²) >= 11 is 3.12. The summed E-state index contributed by atoms with van der Waals surface area (Å²) in [6.45, 7) is 0. The Hall–Kier alpha value is -1.93. The SMILES string of the molecule is N#CC(C(=O)c1ccoc1Br)c1cccnc1. The van der Waals surface area contributed by atoms with Gasteiger partial charge in [0, 0.05) is 12.4 Å². The molecule has 84 valence electrons. The minimum atomic E-state index is -0.863. The lowest BCUT2D eigenvalue weighted by molar-refractivity contribution is 0.0977. The Labute approximate surface area is 106 Å². The average Bonchev–Trinajstić information content (AvgIpc) is 2.77. The van der Waals surface area contributed by atoms with Crippen molar-refractivity contribution in [1.82, 2.24) is 4.98 Å².